The summed E-state index contributed by atoms with van der Waals surface area (Å²) in [5, 5.41) is 0. The van der Waals surface area contributed by atoms with E-state index in [4.69, 9.17) is 18.9 Å². The van der Waals surface area contributed by atoms with E-state index < -0.39 is 0 Å². The Bertz CT molecular complexity index is 239. The Morgan fingerprint density at radius 2 is 1.64 bits per heavy atom. The number of methoxy groups -OCH3 is 2. The second-order valence-corrected chi connectivity index (χ2v) is 6.37. The Kier molecular flexibility index (Phi) is 12.0. The molecule has 2 atom stereocenters. The second-order valence-electron chi connectivity index (χ2n) is 6.37. The molecule has 0 amide bonds. The summed E-state index contributed by atoms with van der Waals surface area (Å²) in [6.07, 6.45) is 11.6. The molecule has 0 aromatic rings. The van der Waals surface area contributed by atoms with E-state index in [1.807, 2.05) is 0 Å². The molecule has 0 aromatic carbocycles. The molecule has 0 spiro atoms. The molecule has 1 aliphatic heterocycles. The fraction of sp³-hybridized carbons (Fsp3) is 1.00. The highest BCUT2D eigenvalue weighted by atomic mass is 16.7. The molecule has 4 heteroatoms. The van der Waals surface area contributed by atoms with Crippen LogP contribution in [0.15, 0.2) is 0 Å². The van der Waals surface area contributed by atoms with Crippen molar-refractivity contribution in [3.05, 3.63) is 0 Å². The minimum atomic E-state index is -0.0287. The van der Waals surface area contributed by atoms with Crippen LogP contribution in [-0.2, 0) is 18.9 Å². The molecule has 4 nitrogen and oxygen atoms in total. The van der Waals surface area contributed by atoms with E-state index in [2.05, 4.69) is 6.92 Å². The zero-order chi connectivity index (χ0) is 16.0. The van der Waals surface area contributed by atoms with Crippen molar-refractivity contribution >= 4 is 0 Å². The lowest BCUT2D eigenvalue weighted by molar-refractivity contribution is -0.107. The molecule has 22 heavy (non-hydrogen) atoms. The smallest absolute Gasteiger partial charge is 0.156 e. The Morgan fingerprint density at radius 1 is 0.955 bits per heavy atom. The summed E-state index contributed by atoms with van der Waals surface area (Å²) in [4.78, 5) is 0. The van der Waals surface area contributed by atoms with Crippen LogP contribution in [-0.4, -0.2) is 46.4 Å². The number of ether oxygens (including phenoxy) is 4. The van der Waals surface area contributed by atoms with E-state index >= 15 is 0 Å². The number of epoxide rings is 1. The van der Waals surface area contributed by atoms with Gasteiger partial charge in [-0.15, -0.1) is 0 Å². The van der Waals surface area contributed by atoms with Gasteiger partial charge in [0.2, 0.25) is 0 Å². The van der Waals surface area contributed by atoms with Crippen LogP contribution in [0, 0.1) is 5.92 Å². The van der Waals surface area contributed by atoms with Crippen molar-refractivity contribution in [2.75, 3.05) is 34.0 Å². The van der Waals surface area contributed by atoms with Crippen LogP contribution in [0.5, 0.6) is 0 Å². The normalized spacial score (nSPS) is 18.8. The summed E-state index contributed by atoms with van der Waals surface area (Å²) in [7, 11) is 3.42. The van der Waals surface area contributed by atoms with Crippen molar-refractivity contribution in [2.45, 2.75) is 77.1 Å². The molecular weight excluding hydrogens is 280 g/mol. The summed E-state index contributed by atoms with van der Waals surface area (Å²) in [6, 6.07) is 0. The minimum Gasteiger partial charge on any atom is -0.379 e. The summed E-state index contributed by atoms with van der Waals surface area (Å²) in [5.74, 6) is 0.867. The number of rotatable bonds is 16. The van der Waals surface area contributed by atoms with Crippen molar-refractivity contribution in [1.29, 1.82) is 0 Å². The maximum atomic E-state index is 5.63. The fourth-order valence-electron chi connectivity index (χ4n) is 2.95. The summed E-state index contributed by atoms with van der Waals surface area (Å²) in [5.41, 5.74) is 0. The van der Waals surface area contributed by atoms with E-state index in [-0.39, 0.29) is 6.29 Å². The zero-order valence-corrected chi connectivity index (χ0v) is 14.9. The van der Waals surface area contributed by atoms with Gasteiger partial charge >= 0.3 is 0 Å². The van der Waals surface area contributed by atoms with Crippen molar-refractivity contribution in [1.82, 2.24) is 0 Å². The predicted octanol–water partition coefficient (Wildman–Crippen LogP) is 4.17. The minimum absolute atomic E-state index is 0.0287. The maximum absolute atomic E-state index is 5.63. The lowest BCUT2D eigenvalue weighted by atomic mass is 9.92. The molecule has 1 heterocycles. The number of hydrogen-bond acceptors (Lipinski definition) is 4. The molecule has 1 saturated heterocycles. The van der Waals surface area contributed by atoms with Crippen molar-refractivity contribution in [3.63, 3.8) is 0 Å². The van der Waals surface area contributed by atoms with Crippen molar-refractivity contribution in [3.8, 4) is 0 Å². The molecule has 0 aliphatic carbocycles. The second kappa shape index (κ2) is 13.3. The first-order valence-electron chi connectivity index (χ1n) is 9.05. The molecule has 1 fully saturated rings. The average Bonchev–Trinajstić information content (AvgIpc) is 3.34. The highest BCUT2D eigenvalue weighted by molar-refractivity contribution is 4.67. The van der Waals surface area contributed by atoms with Gasteiger partial charge in [-0.3, -0.25) is 0 Å². The van der Waals surface area contributed by atoms with Gasteiger partial charge < -0.3 is 18.9 Å². The molecule has 0 N–H and O–H groups in total. The van der Waals surface area contributed by atoms with Gasteiger partial charge in [0.15, 0.2) is 6.29 Å². The first-order valence-corrected chi connectivity index (χ1v) is 9.05. The molecule has 2 unspecified atom stereocenters. The third-order valence-corrected chi connectivity index (χ3v) is 4.38. The number of hydrogen-bond donors (Lipinski definition) is 0. The first-order chi connectivity index (χ1) is 10.8. The molecule has 1 aliphatic rings. The number of unbranched alkanes of at least 4 members (excludes halogenated alkanes) is 2. The van der Waals surface area contributed by atoms with E-state index in [9.17, 15) is 0 Å². The molecule has 0 aromatic heterocycles. The van der Waals surface area contributed by atoms with Crippen LogP contribution in [0.3, 0.4) is 0 Å². The molecule has 132 valence electrons. The van der Waals surface area contributed by atoms with Gasteiger partial charge in [-0.05, 0) is 31.6 Å². The Morgan fingerprint density at radius 3 is 2.27 bits per heavy atom. The van der Waals surface area contributed by atoms with E-state index in [0.29, 0.717) is 6.10 Å². The fourth-order valence-corrected chi connectivity index (χ4v) is 2.95. The van der Waals surface area contributed by atoms with E-state index in [1.165, 1.54) is 51.4 Å². The Balaban J connectivity index is 1.96. The zero-order valence-electron chi connectivity index (χ0n) is 14.9. The van der Waals surface area contributed by atoms with E-state index in [1.54, 1.807) is 14.2 Å². The van der Waals surface area contributed by atoms with Gasteiger partial charge in [-0.2, -0.15) is 0 Å². The quantitative estimate of drug-likeness (QED) is 0.243. The summed E-state index contributed by atoms with van der Waals surface area (Å²) in [6.45, 7) is 4.86. The Labute approximate surface area is 136 Å². The van der Waals surface area contributed by atoms with Crippen LogP contribution in [0.1, 0.15) is 64.7 Å². The maximum Gasteiger partial charge on any atom is 0.156 e. The van der Waals surface area contributed by atoms with Gasteiger partial charge in [-0.1, -0.05) is 39.0 Å². The van der Waals surface area contributed by atoms with Gasteiger partial charge in [-0.25, -0.2) is 0 Å². The van der Waals surface area contributed by atoms with Crippen molar-refractivity contribution < 1.29 is 18.9 Å². The van der Waals surface area contributed by atoms with E-state index in [0.717, 1.165) is 32.2 Å². The third kappa shape index (κ3) is 10.5. The molecular formula is C18H36O4. The third-order valence-electron chi connectivity index (χ3n) is 4.38. The highest BCUT2D eigenvalue weighted by Gasteiger charge is 2.22. The van der Waals surface area contributed by atoms with Crippen LogP contribution in [0.2, 0.25) is 0 Å². The summed E-state index contributed by atoms with van der Waals surface area (Å²) < 4.78 is 21.2. The Hall–Kier alpha value is -0.160. The average molecular weight is 316 g/mol. The lowest BCUT2D eigenvalue weighted by Gasteiger charge is -2.17. The topological polar surface area (TPSA) is 40.2 Å². The molecule has 0 saturated carbocycles. The highest BCUT2D eigenvalue weighted by Crippen LogP contribution is 2.22. The molecule has 1 rings (SSSR count). The van der Waals surface area contributed by atoms with Gasteiger partial charge in [0.1, 0.15) is 6.10 Å². The van der Waals surface area contributed by atoms with Crippen LogP contribution < -0.4 is 0 Å². The van der Waals surface area contributed by atoms with Crippen LogP contribution in [0.4, 0.5) is 0 Å². The first kappa shape index (κ1) is 19.9. The lowest BCUT2D eigenvalue weighted by Crippen LogP contribution is -2.12. The molecule has 0 radical (unpaired) electrons. The monoisotopic (exact) mass is 316 g/mol. The largest absolute Gasteiger partial charge is 0.379 e. The standard InChI is InChI=1S/C18H36O4/c1-4-9-16(11-8-13-21-14-17-15-22-17)10-6-5-7-12-18(19-2)20-3/h16-18H,4-15H2,1-3H3. The van der Waals surface area contributed by atoms with Crippen LogP contribution in [0.25, 0.3) is 0 Å². The van der Waals surface area contributed by atoms with Gasteiger partial charge in [0, 0.05) is 20.8 Å². The SMILES string of the molecule is CCCC(CCCCCC(OC)OC)CCCOCC1CO1. The van der Waals surface area contributed by atoms with Gasteiger partial charge in [0.05, 0.1) is 13.2 Å². The van der Waals surface area contributed by atoms with Crippen molar-refractivity contribution in [2.24, 2.45) is 5.92 Å². The summed E-state index contributed by atoms with van der Waals surface area (Å²) >= 11 is 0. The molecule has 0 bridgehead atoms. The predicted molar refractivity (Wildman–Crippen MR) is 89.1 cm³/mol. The van der Waals surface area contributed by atoms with Crippen LogP contribution >= 0.6 is 0 Å². The van der Waals surface area contributed by atoms with Gasteiger partial charge in [0.25, 0.3) is 0 Å².